The number of carbonyl (C=O) groups excluding carboxylic acids is 1. The highest BCUT2D eigenvalue weighted by molar-refractivity contribution is 5.88. The van der Waals surface area contributed by atoms with Crippen LogP contribution in [0.1, 0.15) is 44.8 Å². The van der Waals surface area contributed by atoms with Crippen LogP contribution in [0.15, 0.2) is 36.5 Å². The van der Waals surface area contributed by atoms with Crippen molar-refractivity contribution in [2.24, 2.45) is 5.92 Å². The first-order valence-electron chi connectivity index (χ1n) is 10.3. The molecule has 3 heterocycles. The smallest absolute Gasteiger partial charge is 0.242 e. The number of rotatable bonds is 5. The Morgan fingerprint density at radius 2 is 2.07 bits per heavy atom. The Balaban J connectivity index is 1.56. The molecule has 2 aliphatic heterocycles. The highest BCUT2D eigenvalue weighted by Crippen LogP contribution is 2.39. The molecule has 6 heteroatoms. The van der Waals surface area contributed by atoms with Gasteiger partial charge in [-0.05, 0) is 60.6 Å². The molecular formula is C23H28FN3O2. The normalized spacial score (nSPS) is 24.1. The summed E-state index contributed by atoms with van der Waals surface area (Å²) in [5.74, 6) is 0.421. The molecule has 0 saturated carbocycles. The lowest BCUT2D eigenvalue weighted by molar-refractivity contribution is -0.131. The van der Waals surface area contributed by atoms with Crippen LogP contribution < -0.4 is 10.1 Å². The van der Waals surface area contributed by atoms with Gasteiger partial charge in [0.2, 0.25) is 5.91 Å². The number of hydrogen-bond acceptors (Lipinski definition) is 4. The van der Waals surface area contributed by atoms with E-state index in [1.54, 1.807) is 23.2 Å². The summed E-state index contributed by atoms with van der Waals surface area (Å²) in [6.45, 7) is 5.33. The molecule has 2 atom stereocenters. The van der Waals surface area contributed by atoms with Gasteiger partial charge in [0.1, 0.15) is 5.54 Å². The summed E-state index contributed by atoms with van der Waals surface area (Å²) in [4.78, 5) is 18.9. The fourth-order valence-corrected chi connectivity index (χ4v) is 4.26. The highest BCUT2D eigenvalue weighted by atomic mass is 19.1. The highest BCUT2D eigenvalue weighted by Gasteiger charge is 2.50. The Morgan fingerprint density at radius 1 is 1.28 bits per heavy atom. The van der Waals surface area contributed by atoms with E-state index in [2.05, 4.69) is 10.3 Å². The second-order valence-electron chi connectivity index (χ2n) is 8.61. The molecule has 5 nitrogen and oxygen atoms in total. The number of benzene rings is 1. The Morgan fingerprint density at radius 3 is 2.79 bits per heavy atom. The Hall–Kier alpha value is -2.47. The van der Waals surface area contributed by atoms with Crippen molar-refractivity contribution in [1.29, 1.82) is 0 Å². The maximum Gasteiger partial charge on any atom is 0.242 e. The molecule has 2 aromatic rings. The van der Waals surface area contributed by atoms with Crippen molar-refractivity contribution in [2.45, 2.75) is 44.7 Å². The van der Waals surface area contributed by atoms with Crippen molar-refractivity contribution in [1.82, 2.24) is 15.2 Å². The number of hydrogen-bond donors (Lipinski definition) is 1. The van der Waals surface area contributed by atoms with Gasteiger partial charge >= 0.3 is 0 Å². The molecule has 2 aliphatic rings. The molecule has 0 bridgehead atoms. The van der Waals surface area contributed by atoms with E-state index in [4.69, 9.17) is 4.74 Å². The number of nitrogens with one attached hydrogen (secondary N) is 1. The zero-order valence-electron chi connectivity index (χ0n) is 17.2. The standard InChI is InChI=1S/C23H28FN3O2/c1-15(2)14-29-21-13-16(4-5-18(21)24)17-7-10-25-20(12-17)19-6-8-23(26-19)9-11-27(3)22(23)28/h4-5,7,10,12-13,15,19,26H,6,8-9,11,14H2,1-3H3/t19-,23+/m1/s1. The minimum Gasteiger partial charge on any atom is -0.490 e. The Bertz CT molecular complexity index is 917. The van der Waals surface area contributed by atoms with Crippen LogP contribution in [0.4, 0.5) is 4.39 Å². The molecule has 29 heavy (non-hydrogen) atoms. The SMILES string of the molecule is CC(C)COc1cc(-c2ccnc([C@H]3CC[C@@]4(CCN(C)C4=O)N3)c2)ccc1F. The van der Waals surface area contributed by atoms with Gasteiger partial charge in [0, 0.05) is 19.8 Å². The molecule has 4 rings (SSSR count). The number of aromatic nitrogens is 1. The number of amides is 1. The van der Waals surface area contributed by atoms with E-state index in [0.29, 0.717) is 12.5 Å². The van der Waals surface area contributed by atoms with Crippen molar-refractivity contribution in [3.63, 3.8) is 0 Å². The molecule has 1 aromatic carbocycles. The first-order chi connectivity index (χ1) is 13.9. The van der Waals surface area contributed by atoms with E-state index in [1.165, 1.54) is 6.07 Å². The van der Waals surface area contributed by atoms with Gasteiger partial charge < -0.3 is 9.64 Å². The van der Waals surface area contributed by atoms with Crippen molar-refractivity contribution < 1.29 is 13.9 Å². The molecule has 2 fully saturated rings. The van der Waals surface area contributed by atoms with Crippen LogP contribution in [0.25, 0.3) is 11.1 Å². The average molecular weight is 397 g/mol. The molecule has 1 aromatic heterocycles. The lowest BCUT2D eigenvalue weighted by Crippen LogP contribution is -2.47. The predicted molar refractivity (Wildman–Crippen MR) is 110 cm³/mol. The topological polar surface area (TPSA) is 54.5 Å². The van der Waals surface area contributed by atoms with Crippen molar-refractivity contribution in [2.75, 3.05) is 20.2 Å². The number of likely N-dealkylation sites (N-methyl/N-ethyl adjacent to an activating group) is 1. The summed E-state index contributed by atoms with van der Waals surface area (Å²) in [6.07, 6.45) is 4.32. The number of pyridine rings is 1. The van der Waals surface area contributed by atoms with Crippen molar-refractivity contribution >= 4 is 5.91 Å². The maximum absolute atomic E-state index is 14.1. The summed E-state index contributed by atoms with van der Waals surface area (Å²) in [7, 11) is 1.86. The van der Waals surface area contributed by atoms with Crippen molar-refractivity contribution in [3.05, 3.63) is 48.0 Å². The third-order valence-electron chi connectivity index (χ3n) is 5.92. The van der Waals surface area contributed by atoms with E-state index in [0.717, 1.165) is 42.6 Å². The predicted octanol–water partition coefficient (Wildman–Crippen LogP) is 3.95. The first kappa shape index (κ1) is 19.8. The number of likely N-dealkylation sites (tertiary alicyclic amines) is 1. The van der Waals surface area contributed by atoms with Gasteiger partial charge in [0.25, 0.3) is 0 Å². The average Bonchev–Trinajstić information content (AvgIpc) is 3.27. The van der Waals surface area contributed by atoms with Gasteiger partial charge in [0.05, 0.1) is 18.3 Å². The van der Waals surface area contributed by atoms with Crippen LogP contribution >= 0.6 is 0 Å². The van der Waals surface area contributed by atoms with E-state index >= 15 is 0 Å². The number of carbonyl (C=O) groups is 1. The van der Waals surface area contributed by atoms with Gasteiger partial charge in [0.15, 0.2) is 11.6 Å². The summed E-state index contributed by atoms with van der Waals surface area (Å²) in [5, 5.41) is 3.56. The largest absolute Gasteiger partial charge is 0.490 e. The fraction of sp³-hybridized carbons (Fsp3) is 0.478. The lowest BCUT2D eigenvalue weighted by atomic mass is 9.96. The lowest BCUT2D eigenvalue weighted by Gasteiger charge is -2.23. The number of halogens is 1. The molecule has 0 radical (unpaired) electrons. The molecule has 1 amide bonds. The van der Waals surface area contributed by atoms with Gasteiger partial charge in [-0.1, -0.05) is 19.9 Å². The van der Waals surface area contributed by atoms with Crippen LogP contribution in [0.2, 0.25) is 0 Å². The minimum absolute atomic E-state index is 0.0440. The van der Waals surface area contributed by atoms with Crippen molar-refractivity contribution in [3.8, 4) is 16.9 Å². The Kier molecular flexibility index (Phi) is 5.30. The van der Waals surface area contributed by atoms with E-state index < -0.39 is 5.54 Å². The monoisotopic (exact) mass is 397 g/mol. The molecule has 0 unspecified atom stereocenters. The second-order valence-corrected chi connectivity index (χ2v) is 8.61. The third kappa shape index (κ3) is 3.86. The Labute approximate surface area is 171 Å². The summed E-state index contributed by atoms with van der Waals surface area (Å²) in [5.41, 5.74) is 2.32. The zero-order valence-corrected chi connectivity index (χ0v) is 17.2. The van der Waals surface area contributed by atoms with Crippen LogP contribution in [0.3, 0.4) is 0 Å². The molecule has 1 N–H and O–H groups in total. The quantitative estimate of drug-likeness (QED) is 0.830. The molecular weight excluding hydrogens is 369 g/mol. The second kappa shape index (κ2) is 7.75. The van der Waals surface area contributed by atoms with Crippen LogP contribution in [0, 0.1) is 11.7 Å². The molecule has 1 spiro atoms. The third-order valence-corrected chi connectivity index (χ3v) is 5.92. The number of ether oxygens (including phenoxy) is 1. The van der Waals surface area contributed by atoms with Gasteiger partial charge in [-0.2, -0.15) is 0 Å². The molecule has 0 aliphatic carbocycles. The van der Waals surface area contributed by atoms with Gasteiger partial charge in [-0.3, -0.25) is 15.1 Å². The summed E-state index contributed by atoms with van der Waals surface area (Å²) in [6, 6.07) is 8.94. The fourth-order valence-electron chi connectivity index (χ4n) is 4.26. The van der Waals surface area contributed by atoms with E-state index in [1.807, 2.05) is 33.0 Å². The van der Waals surface area contributed by atoms with Gasteiger partial charge in [-0.15, -0.1) is 0 Å². The van der Waals surface area contributed by atoms with Crippen LogP contribution in [-0.2, 0) is 4.79 Å². The van der Waals surface area contributed by atoms with E-state index in [-0.39, 0.29) is 23.5 Å². The molecule has 154 valence electrons. The number of nitrogens with zero attached hydrogens (tertiary/aromatic N) is 2. The van der Waals surface area contributed by atoms with Crippen LogP contribution in [-0.4, -0.2) is 41.5 Å². The van der Waals surface area contributed by atoms with E-state index in [9.17, 15) is 9.18 Å². The van der Waals surface area contributed by atoms with Gasteiger partial charge in [-0.25, -0.2) is 4.39 Å². The van der Waals surface area contributed by atoms with Crippen LogP contribution in [0.5, 0.6) is 5.75 Å². The first-order valence-corrected chi connectivity index (χ1v) is 10.3. The summed E-state index contributed by atoms with van der Waals surface area (Å²) < 4.78 is 19.7. The molecule has 2 saturated heterocycles. The zero-order chi connectivity index (χ0) is 20.6. The summed E-state index contributed by atoms with van der Waals surface area (Å²) >= 11 is 0. The maximum atomic E-state index is 14.1. The minimum atomic E-state index is -0.440.